The Balaban J connectivity index is 0.000000199. The van der Waals surface area contributed by atoms with Gasteiger partial charge in [0.1, 0.15) is 17.4 Å². The summed E-state index contributed by atoms with van der Waals surface area (Å²) < 4.78 is 5.46. The topological polar surface area (TPSA) is 156 Å². The van der Waals surface area contributed by atoms with Crippen molar-refractivity contribution in [3.63, 3.8) is 0 Å². The predicted molar refractivity (Wildman–Crippen MR) is 280 cm³/mol. The number of amides is 1. The molecule has 0 saturated heterocycles. The highest BCUT2D eigenvalue weighted by atomic mass is 32.1. The van der Waals surface area contributed by atoms with Crippen LogP contribution in [0.15, 0.2) is 197 Å². The molecule has 0 unspecified atom stereocenters. The number of nitrogens with zero attached hydrogens (tertiary/aromatic N) is 2. The van der Waals surface area contributed by atoms with Crippen LogP contribution in [0.4, 0.5) is 39.8 Å². The fraction of sp³-hybridized carbons (Fsp3) is 0.127. The van der Waals surface area contributed by atoms with E-state index >= 15 is 0 Å². The van der Waals surface area contributed by atoms with E-state index in [0.29, 0.717) is 36.7 Å². The van der Waals surface area contributed by atoms with Crippen molar-refractivity contribution in [2.75, 3.05) is 16.0 Å². The van der Waals surface area contributed by atoms with Gasteiger partial charge in [0.25, 0.3) is 0 Å². The lowest BCUT2D eigenvalue weighted by atomic mass is 10.1. The molecule has 8 rings (SSSR count). The first-order chi connectivity index (χ1) is 32.7. The van der Waals surface area contributed by atoms with Crippen LogP contribution in [0.25, 0.3) is 0 Å². The van der Waals surface area contributed by atoms with Crippen molar-refractivity contribution >= 4 is 86.0 Å². The SMILES string of the molecule is Cc1ccc(Nc2ccccc2NC(=O)CCCc2ccc(N=C(N)c3cccs3)cc2)cc1.NC(=Nc1ccc(CCCC(=O)Oc2ccc(Nc3ccccc3)cc2)cc1)c1cccs1. The van der Waals surface area contributed by atoms with Gasteiger partial charge in [0.15, 0.2) is 0 Å². The van der Waals surface area contributed by atoms with Crippen LogP contribution in [0.1, 0.15) is 52.1 Å². The summed E-state index contributed by atoms with van der Waals surface area (Å²) in [6.45, 7) is 2.06. The summed E-state index contributed by atoms with van der Waals surface area (Å²) in [4.78, 5) is 35.6. The van der Waals surface area contributed by atoms with Gasteiger partial charge in [-0.1, -0.05) is 84.4 Å². The largest absolute Gasteiger partial charge is 0.427 e. The van der Waals surface area contributed by atoms with E-state index in [1.807, 2.05) is 162 Å². The van der Waals surface area contributed by atoms with Gasteiger partial charge in [-0.15, -0.1) is 22.7 Å². The highest BCUT2D eigenvalue weighted by molar-refractivity contribution is 7.12. The van der Waals surface area contributed by atoms with Crippen molar-refractivity contribution in [3.05, 3.63) is 213 Å². The van der Waals surface area contributed by atoms with Gasteiger partial charge in [-0.3, -0.25) is 9.59 Å². The number of amidine groups is 2. The maximum atomic E-state index is 12.6. The van der Waals surface area contributed by atoms with E-state index in [4.69, 9.17) is 16.2 Å². The molecule has 6 aromatic carbocycles. The standard InChI is InChI=1S/C28H28N4OS.C27H25N3O2S/c1-20-11-15-22(16-12-20)30-24-7-2-3-8-25(24)32-27(33)10-4-6-21-13-17-23(18-14-21)31-28(29)26-9-5-19-34-26;28-27(25-9-5-19-33-25)30-23-13-11-20(12-14-23)6-4-10-26(31)32-24-17-15-22(16-18-24)29-21-7-2-1-3-8-21/h2-3,5,7-9,11-19,30H,4,6,10H2,1H3,(H2,29,31)(H,32,33);1-3,5,7-9,11-19,29H,4,6,10H2,(H2,28,30). The Morgan fingerprint density at radius 1 is 0.522 bits per heavy atom. The molecule has 0 atom stereocenters. The molecule has 0 aliphatic carbocycles. The molecule has 0 fully saturated rings. The second-order valence-electron chi connectivity index (χ2n) is 15.6. The molecule has 0 saturated carbocycles. The number of carbonyl (C=O) groups excluding carboxylic acids is 2. The zero-order valence-corrected chi connectivity index (χ0v) is 38.9. The second-order valence-corrected chi connectivity index (χ2v) is 17.5. The summed E-state index contributed by atoms with van der Waals surface area (Å²) >= 11 is 3.14. The quantitative estimate of drug-likeness (QED) is 0.0248. The number of nitrogens with two attached hydrogens (primary N) is 2. The first-order valence-electron chi connectivity index (χ1n) is 22.0. The smallest absolute Gasteiger partial charge is 0.311 e. The molecular formula is C55H53N7O3S2. The van der Waals surface area contributed by atoms with Gasteiger partial charge in [0.05, 0.1) is 32.5 Å². The van der Waals surface area contributed by atoms with Gasteiger partial charge < -0.3 is 32.2 Å². The van der Waals surface area contributed by atoms with Crippen molar-refractivity contribution in [3.8, 4) is 5.75 Å². The maximum Gasteiger partial charge on any atom is 0.311 e. The van der Waals surface area contributed by atoms with Crippen molar-refractivity contribution in [1.82, 2.24) is 0 Å². The normalized spacial score (nSPS) is 11.2. The summed E-state index contributed by atoms with van der Waals surface area (Å²) in [5.74, 6) is 1.36. The van der Waals surface area contributed by atoms with Gasteiger partial charge >= 0.3 is 5.97 Å². The number of nitrogens with one attached hydrogen (secondary N) is 3. The molecule has 10 nitrogen and oxygen atoms in total. The number of aliphatic imine (C=N–C) groups is 2. The Bertz CT molecular complexity index is 2830. The third kappa shape index (κ3) is 15.4. The van der Waals surface area contributed by atoms with Gasteiger partial charge in [-0.2, -0.15) is 0 Å². The van der Waals surface area contributed by atoms with E-state index < -0.39 is 0 Å². The molecule has 0 aliphatic heterocycles. The number of rotatable bonds is 18. The van der Waals surface area contributed by atoms with Crippen LogP contribution in [0.3, 0.4) is 0 Å². The Morgan fingerprint density at radius 2 is 1.01 bits per heavy atom. The molecule has 7 N–H and O–H groups in total. The van der Waals surface area contributed by atoms with Crippen LogP contribution in [-0.2, 0) is 22.4 Å². The lowest BCUT2D eigenvalue weighted by Gasteiger charge is -2.13. The Hall–Kier alpha value is -7.80. The molecule has 2 heterocycles. The van der Waals surface area contributed by atoms with Gasteiger partial charge in [0, 0.05) is 29.9 Å². The maximum absolute atomic E-state index is 12.6. The first kappa shape index (κ1) is 47.2. The molecule has 0 bridgehead atoms. The average molecular weight is 924 g/mol. The molecule has 338 valence electrons. The highest BCUT2D eigenvalue weighted by Crippen LogP contribution is 2.27. The number of aryl methyl sites for hydroxylation is 3. The average Bonchev–Trinajstić information content (AvgIpc) is 4.10. The Morgan fingerprint density at radius 3 is 1.57 bits per heavy atom. The third-order valence-corrected chi connectivity index (χ3v) is 12.1. The molecule has 67 heavy (non-hydrogen) atoms. The lowest BCUT2D eigenvalue weighted by molar-refractivity contribution is -0.134. The predicted octanol–water partition coefficient (Wildman–Crippen LogP) is 13.3. The van der Waals surface area contributed by atoms with Crippen molar-refractivity contribution in [2.24, 2.45) is 21.5 Å². The van der Waals surface area contributed by atoms with E-state index in [2.05, 4.69) is 45.0 Å². The van der Waals surface area contributed by atoms with Crippen LogP contribution in [-0.4, -0.2) is 23.5 Å². The zero-order chi connectivity index (χ0) is 46.6. The minimum Gasteiger partial charge on any atom is -0.427 e. The Kier molecular flexibility index (Phi) is 17.2. The number of thiophene rings is 2. The fourth-order valence-electron chi connectivity index (χ4n) is 6.78. The summed E-state index contributed by atoms with van der Waals surface area (Å²) in [7, 11) is 0. The van der Waals surface area contributed by atoms with Crippen molar-refractivity contribution in [2.45, 2.75) is 45.4 Å². The van der Waals surface area contributed by atoms with Crippen molar-refractivity contribution in [1.29, 1.82) is 0 Å². The van der Waals surface area contributed by atoms with Gasteiger partial charge in [-0.25, -0.2) is 9.98 Å². The highest BCUT2D eigenvalue weighted by Gasteiger charge is 2.09. The molecule has 2 aromatic heterocycles. The first-order valence-corrected chi connectivity index (χ1v) is 23.8. The number of ether oxygens (including phenoxy) is 1. The molecule has 12 heteroatoms. The van der Waals surface area contributed by atoms with Crippen LogP contribution in [0.2, 0.25) is 0 Å². The molecular weight excluding hydrogens is 871 g/mol. The molecule has 1 amide bonds. The molecule has 0 spiro atoms. The number of hydrogen-bond donors (Lipinski definition) is 5. The fourth-order valence-corrected chi connectivity index (χ4v) is 8.04. The summed E-state index contributed by atoms with van der Waals surface area (Å²) in [5, 5.41) is 13.7. The number of esters is 1. The monoisotopic (exact) mass is 923 g/mol. The number of anilines is 5. The van der Waals surface area contributed by atoms with E-state index in [0.717, 1.165) is 74.4 Å². The van der Waals surface area contributed by atoms with E-state index in [1.165, 1.54) is 11.1 Å². The molecule has 0 aliphatic rings. The van der Waals surface area contributed by atoms with Gasteiger partial charge in [0.2, 0.25) is 5.91 Å². The van der Waals surface area contributed by atoms with Gasteiger partial charge in [-0.05, 0) is 152 Å². The Labute approximate surface area is 400 Å². The number of hydrogen-bond acceptors (Lipinski definition) is 9. The van der Waals surface area contributed by atoms with Crippen LogP contribution >= 0.6 is 22.7 Å². The summed E-state index contributed by atoms with van der Waals surface area (Å²) in [6, 6.07) is 57.0. The van der Waals surface area contributed by atoms with Crippen LogP contribution in [0, 0.1) is 6.92 Å². The van der Waals surface area contributed by atoms with Crippen LogP contribution in [0.5, 0.6) is 5.75 Å². The molecule has 8 aromatic rings. The number of carbonyl (C=O) groups is 2. The van der Waals surface area contributed by atoms with E-state index in [1.54, 1.807) is 34.8 Å². The number of benzene rings is 6. The van der Waals surface area contributed by atoms with E-state index in [9.17, 15) is 9.59 Å². The molecule has 0 radical (unpaired) electrons. The summed E-state index contributed by atoms with van der Waals surface area (Å²) in [5.41, 5.74) is 21.8. The minimum atomic E-state index is -0.233. The minimum absolute atomic E-state index is 0.00287. The van der Waals surface area contributed by atoms with E-state index in [-0.39, 0.29) is 11.9 Å². The van der Waals surface area contributed by atoms with Crippen molar-refractivity contribution < 1.29 is 14.3 Å². The zero-order valence-electron chi connectivity index (χ0n) is 37.2. The summed E-state index contributed by atoms with van der Waals surface area (Å²) in [6.07, 6.45) is 3.89. The second kappa shape index (κ2) is 24.5. The number of para-hydroxylation sites is 3. The van der Waals surface area contributed by atoms with Crippen LogP contribution < -0.4 is 32.2 Å². The third-order valence-electron chi connectivity index (χ3n) is 10.3. The lowest BCUT2D eigenvalue weighted by Crippen LogP contribution is -2.12.